The van der Waals surface area contributed by atoms with Gasteiger partial charge in [0.25, 0.3) is 17.4 Å². The highest BCUT2D eigenvalue weighted by Gasteiger charge is 2.37. The van der Waals surface area contributed by atoms with E-state index >= 15 is 0 Å². The molecule has 1 aliphatic rings. The molecule has 8 heteroatoms. The summed E-state index contributed by atoms with van der Waals surface area (Å²) < 4.78 is 15.5. The Labute approximate surface area is 161 Å². The highest BCUT2D eigenvalue weighted by atomic mass is 19.1. The fourth-order valence-corrected chi connectivity index (χ4v) is 3.07. The highest BCUT2D eigenvalue weighted by Crippen LogP contribution is 2.29. The number of halogens is 1. The van der Waals surface area contributed by atoms with Crippen LogP contribution in [0.4, 0.5) is 4.39 Å². The minimum Gasteiger partial charge on any atom is -0.396 e. The number of nitrogens with zero attached hydrogens (tertiary/aromatic N) is 1. The monoisotopic (exact) mass is 387 g/mol. The van der Waals surface area contributed by atoms with Gasteiger partial charge in [0.2, 0.25) is 0 Å². The Kier molecular flexibility index (Phi) is 5.60. The molecule has 3 N–H and O–H groups in total. The fourth-order valence-electron chi connectivity index (χ4n) is 3.07. The van der Waals surface area contributed by atoms with E-state index < -0.39 is 23.2 Å². The van der Waals surface area contributed by atoms with E-state index in [0.717, 1.165) is 4.57 Å². The standard InChI is InChI=1S/C20H22FN3O4/c1-11-4-3-5-12(17(11)21)8-24-9-13(6-15(20(24)28)19(27)22-2)18(26)23-16-7-14(16)10-25/h3-6,9,14,16,25H,7-8,10H2,1-2H3,(H,22,27)(H,23,26). The molecule has 1 fully saturated rings. The third-order valence-electron chi connectivity index (χ3n) is 4.91. The molecular weight excluding hydrogens is 365 g/mol. The first-order valence-electron chi connectivity index (χ1n) is 8.98. The number of aryl methyl sites for hydroxylation is 1. The molecule has 1 heterocycles. The predicted molar refractivity (Wildman–Crippen MR) is 101 cm³/mol. The number of aromatic nitrogens is 1. The summed E-state index contributed by atoms with van der Waals surface area (Å²) in [7, 11) is 1.38. The second-order valence-electron chi connectivity index (χ2n) is 6.96. The van der Waals surface area contributed by atoms with Gasteiger partial charge in [-0.25, -0.2) is 4.39 Å². The quantitative estimate of drug-likeness (QED) is 0.683. The predicted octanol–water partition coefficient (Wildman–Crippen LogP) is 0.814. The first kappa shape index (κ1) is 19.8. The number of benzene rings is 1. The molecule has 3 rings (SSSR count). The van der Waals surface area contributed by atoms with Crippen molar-refractivity contribution in [2.75, 3.05) is 13.7 Å². The molecule has 1 saturated carbocycles. The van der Waals surface area contributed by atoms with Gasteiger partial charge in [0.15, 0.2) is 0 Å². The van der Waals surface area contributed by atoms with Crippen molar-refractivity contribution in [2.24, 2.45) is 5.92 Å². The Morgan fingerprint density at radius 1 is 1.32 bits per heavy atom. The van der Waals surface area contributed by atoms with Crippen molar-refractivity contribution in [1.29, 1.82) is 0 Å². The van der Waals surface area contributed by atoms with E-state index in [4.69, 9.17) is 5.11 Å². The molecule has 0 bridgehead atoms. The summed E-state index contributed by atoms with van der Waals surface area (Å²) >= 11 is 0. The maximum Gasteiger partial charge on any atom is 0.263 e. The van der Waals surface area contributed by atoms with Crippen LogP contribution in [0.15, 0.2) is 35.3 Å². The van der Waals surface area contributed by atoms with Gasteiger partial charge in [0, 0.05) is 37.4 Å². The number of rotatable bonds is 6. The highest BCUT2D eigenvalue weighted by molar-refractivity contribution is 5.99. The van der Waals surface area contributed by atoms with Crippen molar-refractivity contribution in [3.63, 3.8) is 0 Å². The Morgan fingerprint density at radius 3 is 2.71 bits per heavy atom. The molecule has 0 spiro atoms. The minimum atomic E-state index is -0.627. The molecule has 2 aromatic rings. The van der Waals surface area contributed by atoms with Crippen molar-refractivity contribution in [3.05, 3.63) is 68.9 Å². The number of hydrogen-bond acceptors (Lipinski definition) is 4. The molecule has 1 aliphatic carbocycles. The van der Waals surface area contributed by atoms with Crippen LogP contribution in [0.1, 0.15) is 38.3 Å². The van der Waals surface area contributed by atoms with E-state index in [0.29, 0.717) is 12.0 Å². The molecule has 1 aromatic heterocycles. The van der Waals surface area contributed by atoms with Gasteiger partial charge in [-0.15, -0.1) is 0 Å². The summed E-state index contributed by atoms with van der Waals surface area (Å²) in [5, 5.41) is 14.3. The van der Waals surface area contributed by atoms with E-state index in [1.54, 1.807) is 25.1 Å². The van der Waals surface area contributed by atoms with E-state index in [1.807, 2.05) is 0 Å². The van der Waals surface area contributed by atoms with Crippen LogP contribution in [-0.4, -0.2) is 41.2 Å². The van der Waals surface area contributed by atoms with Gasteiger partial charge >= 0.3 is 0 Å². The normalized spacial score (nSPS) is 17.9. The van der Waals surface area contributed by atoms with E-state index in [2.05, 4.69) is 10.6 Å². The van der Waals surface area contributed by atoms with Gasteiger partial charge in [-0.2, -0.15) is 0 Å². The van der Waals surface area contributed by atoms with Crippen LogP contribution in [0.5, 0.6) is 0 Å². The molecule has 2 amide bonds. The van der Waals surface area contributed by atoms with Gasteiger partial charge in [0.05, 0.1) is 12.1 Å². The lowest BCUT2D eigenvalue weighted by molar-refractivity contribution is 0.0946. The van der Waals surface area contributed by atoms with Gasteiger partial charge in [-0.05, 0) is 25.0 Å². The zero-order valence-corrected chi connectivity index (χ0v) is 15.7. The number of pyridine rings is 1. The first-order valence-corrected chi connectivity index (χ1v) is 8.98. The van der Waals surface area contributed by atoms with Crippen LogP contribution >= 0.6 is 0 Å². The molecule has 0 radical (unpaired) electrons. The molecule has 2 atom stereocenters. The summed E-state index contributed by atoms with van der Waals surface area (Å²) in [5.74, 6) is -1.49. The average molecular weight is 387 g/mol. The summed E-state index contributed by atoms with van der Waals surface area (Å²) in [6.07, 6.45) is 2.00. The van der Waals surface area contributed by atoms with Gasteiger partial charge in [0.1, 0.15) is 11.4 Å². The SMILES string of the molecule is CNC(=O)c1cc(C(=O)NC2CC2CO)cn(Cc2cccc(C)c2F)c1=O. The number of carbonyl (C=O) groups excluding carboxylic acids is 2. The third-order valence-corrected chi connectivity index (χ3v) is 4.91. The topological polar surface area (TPSA) is 100 Å². The maximum absolute atomic E-state index is 14.4. The summed E-state index contributed by atoms with van der Waals surface area (Å²) in [4.78, 5) is 37.3. The Morgan fingerprint density at radius 2 is 2.07 bits per heavy atom. The van der Waals surface area contributed by atoms with Crippen molar-refractivity contribution in [1.82, 2.24) is 15.2 Å². The zero-order chi connectivity index (χ0) is 20.4. The van der Waals surface area contributed by atoms with Crippen LogP contribution in [0.2, 0.25) is 0 Å². The van der Waals surface area contributed by atoms with Crippen molar-refractivity contribution < 1.29 is 19.1 Å². The molecule has 2 unspecified atom stereocenters. The van der Waals surface area contributed by atoms with Crippen LogP contribution in [0.3, 0.4) is 0 Å². The maximum atomic E-state index is 14.4. The van der Waals surface area contributed by atoms with Crippen molar-refractivity contribution in [3.8, 4) is 0 Å². The van der Waals surface area contributed by atoms with Crippen molar-refractivity contribution >= 4 is 11.8 Å². The van der Waals surface area contributed by atoms with Crippen LogP contribution in [0, 0.1) is 18.7 Å². The lowest BCUT2D eigenvalue weighted by atomic mass is 10.1. The van der Waals surface area contributed by atoms with E-state index in [9.17, 15) is 18.8 Å². The zero-order valence-electron chi connectivity index (χ0n) is 15.7. The Balaban J connectivity index is 1.98. The van der Waals surface area contributed by atoms with Crippen molar-refractivity contribution in [2.45, 2.75) is 25.9 Å². The average Bonchev–Trinajstić information content (AvgIpc) is 3.44. The molecule has 0 saturated heterocycles. The van der Waals surface area contributed by atoms with Crippen LogP contribution in [0.25, 0.3) is 0 Å². The summed E-state index contributed by atoms with van der Waals surface area (Å²) in [5.41, 5.74) is 0.0313. The molecule has 0 aliphatic heterocycles. The molecule has 148 valence electrons. The number of carbonyl (C=O) groups is 2. The molecular formula is C20H22FN3O4. The number of aliphatic hydroxyl groups is 1. The summed E-state index contributed by atoms with van der Waals surface area (Å²) in [6.45, 7) is 1.50. The van der Waals surface area contributed by atoms with Crippen LogP contribution in [-0.2, 0) is 6.54 Å². The number of aliphatic hydroxyl groups excluding tert-OH is 1. The summed E-state index contributed by atoms with van der Waals surface area (Å²) in [6, 6.07) is 5.95. The number of amides is 2. The van der Waals surface area contributed by atoms with Crippen LogP contribution < -0.4 is 16.2 Å². The number of hydrogen-bond donors (Lipinski definition) is 3. The largest absolute Gasteiger partial charge is 0.396 e. The van der Waals surface area contributed by atoms with E-state index in [1.165, 1.54) is 19.3 Å². The van der Waals surface area contributed by atoms with Gasteiger partial charge in [-0.1, -0.05) is 18.2 Å². The lowest BCUT2D eigenvalue weighted by Crippen LogP contribution is -2.34. The third kappa shape index (κ3) is 3.96. The molecule has 1 aromatic carbocycles. The Hall–Kier alpha value is -3.00. The molecule has 7 nitrogen and oxygen atoms in total. The second kappa shape index (κ2) is 7.93. The lowest BCUT2D eigenvalue weighted by Gasteiger charge is -2.13. The number of nitrogens with one attached hydrogen (secondary N) is 2. The second-order valence-corrected chi connectivity index (χ2v) is 6.96. The fraction of sp³-hybridized carbons (Fsp3) is 0.350. The Bertz CT molecular complexity index is 986. The molecule has 28 heavy (non-hydrogen) atoms. The minimum absolute atomic E-state index is 0.0133. The van der Waals surface area contributed by atoms with E-state index in [-0.39, 0.29) is 41.8 Å². The first-order chi connectivity index (χ1) is 13.3. The smallest absolute Gasteiger partial charge is 0.263 e. The van der Waals surface area contributed by atoms with Gasteiger partial charge in [-0.3, -0.25) is 14.4 Å². The van der Waals surface area contributed by atoms with Gasteiger partial charge < -0.3 is 20.3 Å².